The number of fused-ring (bicyclic) bond motifs is 8. The summed E-state index contributed by atoms with van der Waals surface area (Å²) in [5.41, 5.74) is 17.2. The van der Waals surface area contributed by atoms with Gasteiger partial charge in [-0.05, 0) is 160 Å². The number of hydrogen-bond donors (Lipinski definition) is 0. The first-order chi connectivity index (χ1) is 37.0. The number of pyridine rings is 1. The molecule has 1 spiro atoms. The van der Waals surface area contributed by atoms with Gasteiger partial charge in [0.1, 0.15) is 6.29 Å². The van der Waals surface area contributed by atoms with Crippen LogP contribution >= 0.6 is 11.6 Å². The fraction of sp³-hybridized carbons (Fsp3) is 0.672. The van der Waals surface area contributed by atoms with Gasteiger partial charge in [-0.2, -0.15) is 0 Å². The van der Waals surface area contributed by atoms with Gasteiger partial charge in [-0.3, -0.25) is 4.90 Å². The van der Waals surface area contributed by atoms with Gasteiger partial charge in [0.2, 0.25) is 0 Å². The molecule has 4 unspecified atom stereocenters. The number of rotatable bonds is 20. The minimum Gasteiger partial charge on any atom is -0.813 e. The zero-order valence-electron chi connectivity index (χ0n) is 50.5. The van der Waals surface area contributed by atoms with Crippen molar-refractivity contribution in [2.75, 3.05) is 65.9 Å². The van der Waals surface area contributed by atoms with Crippen LogP contribution in [0.1, 0.15) is 199 Å². The van der Waals surface area contributed by atoms with E-state index in [0.29, 0.717) is 11.8 Å². The molecule has 430 valence electrons. The number of ether oxygens (including phenoxy) is 2. The fourth-order valence-electron chi connectivity index (χ4n) is 14.7. The van der Waals surface area contributed by atoms with Crippen molar-refractivity contribution in [1.29, 1.82) is 0 Å². The number of hydrogen-bond acceptors (Lipinski definition) is 9. The molecule has 0 radical (unpaired) electrons. The van der Waals surface area contributed by atoms with Crippen LogP contribution in [0.2, 0.25) is 0 Å². The van der Waals surface area contributed by atoms with Gasteiger partial charge in [-0.25, -0.2) is 4.98 Å². The molecule has 11 heteroatoms. The van der Waals surface area contributed by atoms with Crippen molar-refractivity contribution in [2.24, 2.45) is 23.2 Å². The van der Waals surface area contributed by atoms with Crippen molar-refractivity contribution < 1.29 is 14.3 Å². The number of allylic oxidation sites excluding steroid dienone is 7. The third kappa shape index (κ3) is 14.5. The predicted octanol–water partition coefficient (Wildman–Crippen LogP) is 15.9. The first-order valence-electron chi connectivity index (χ1n) is 30.8. The topological polar surface area (TPSA) is 61.4 Å². The Hall–Kier alpha value is -4.18. The minimum absolute atomic E-state index is 0. The summed E-state index contributed by atoms with van der Waals surface area (Å²) in [6, 6.07) is 6.90. The maximum Gasteiger partial charge on any atom is 0.172 e. The second-order valence-electron chi connectivity index (χ2n) is 23.5. The van der Waals surface area contributed by atoms with Crippen molar-refractivity contribution in [3.63, 3.8) is 0 Å². The summed E-state index contributed by atoms with van der Waals surface area (Å²) in [7, 11) is 4.32. The summed E-state index contributed by atoms with van der Waals surface area (Å²) in [5, 5.41) is 1.24. The van der Waals surface area contributed by atoms with Crippen LogP contribution in [-0.2, 0) is 47.3 Å². The van der Waals surface area contributed by atoms with Crippen LogP contribution < -0.4 is 0 Å². The first kappa shape index (κ1) is 64.6. The summed E-state index contributed by atoms with van der Waals surface area (Å²) in [6.45, 7) is 33.0. The Labute approximate surface area is 480 Å². The normalized spacial score (nSPS) is 23.7. The second kappa shape index (κ2) is 30.6. The number of alkyl halides is 1. The van der Waals surface area contributed by atoms with E-state index in [-0.39, 0.29) is 19.3 Å². The Kier molecular flexibility index (Phi) is 25.3. The Morgan fingerprint density at radius 2 is 1.67 bits per heavy atom. The number of halogens is 1. The Bertz CT molecular complexity index is 2430. The molecular formula is C67H103ClN5O3RfS-. The van der Waals surface area contributed by atoms with E-state index >= 15 is 0 Å². The van der Waals surface area contributed by atoms with E-state index in [0.717, 1.165) is 149 Å². The van der Waals surface area contributed by atoms with E-state index < -0.39 is 0 Å². The molecule has 78 heavy (non-hydrogen) atoms. The van der Waals surface area contributed by atoms with Crippen LogP contribution in [0.4, 0.5) is 0 Å². The standard InChI is InChI=1S/C58H79N5O3.C5H11Cl.2C2H6.Rf.H2S/c1-7-13-47-41(3)63-38-45-35-51-52(39-60(5)6)42(16-20-54(51)59-56(45)55(63)36-43(47)23-31-64)34-40(2)62-29-27-61(28-30-62)26-12-10-8-9-11-14-46-17-19-53-50-18-15-44-37-58(65-32-33-66-58)25-22-48(44)49(50)21-24-57(46,53)4;1-2-3-4-5-6;2*1-2;;/h16,20-21,31,35-36,46,50,53H,2-3,7-15,17-19,22-30,32-34,37-39H2,1,4-6H3;2-5H2,1H3;2*1-2H3;;1H2/p-1. The molecule has 8 aliphatic rings. The molecule has 4 aliphatic heterocycles. The fourth-order valence-corrected chi connectivity index (χ4v) is 14.9. The molecule has 4 aliphatic carbocycles. The largest absolute Gasteiger partial charge is 0.813 e. The zero-order chi connectivity index (χ0) is 54.4. The molecule has 0 bridgehead atoms. The molecule has 1 aromatic carbocycles. The number of nitrogens with zero attached hydrogens (tertiary/aromatic N) is 5. The Morgan fingerprint density at radius 1 is 0.936 bits per heavy atom. The van der Waals surface area contributed by atoms with E-state index in [1.165, 1.54) is 130 Å². The molecule has 0 amide bonds. The van der Waals surface area contributed by atoms with Crippen molar-refractivity contribution in [2.45, 2.75) is 202 Å². The number of aromatic nitrogens is 1. The van der Waals surface area contributed by atoms with Crippen molar-refractivity contribution in [3.05, 3.63) is 105 Å². The third-order valence-corrected chi connectivity index (χ3v) is 18.9. The van der Waals surface area contributed by atoms with Gasteiger partial charge >= 0.3 is 0 Å². The minimum atomic E-state index is -0.295. The van der Waals surface area contributed by atoms with Gasteiger partial charge in [0.15, 0.2) is 5.79 Å². The van der Waals surface area contributed by atoms with Gasteiger partial charge in [0.25, 0.3) is 0 Å². The molecule has 2 saturated heterocycles. The van der Waals surface area contributed by atoms with Gasteiger partial charge < -0.3 is 42.5 Å². The van der Waals surface area contributed by atoms with Crippen molar-refractivity contribution in [1.82, 2.24) is 24.6 Å². The summed E-state index contributed by atoms with van der Waals surface area (Å²) < 4.78 is 12.3. The number of benzene rings is 1. The maximum atomic E-state index is 11.6. The summed E-state index contributed by atoms with van der Waals surface area (Å²) in [5.74, 6) is 3.11. The Morgan fingerprint density at radius 3 is 2.35 bits per heavy atom. The van der Waals surface area contributed by atoms with Crippen LogP contribution in [0.25, 0.3) is 16.6 Å². The summed E-state index contributed by atoms with van der Waals surface area (Å²) in [4.78, 5) is 26.8. The van der Waals surface area contributed by atoms with E-state index in [4.69, 9.17) is 26.1 Å². The molecular weight excluding hydrogens is 1260 g/mol. The first-order valence-corrected chi connectivity index (χ1v) is 31.4. The van der Waals surface area contributed by atoms with Gasteiger partial charge in [-0.15, -0.1) is 11.6 Å². The Balaban J connectivity index is 0.000000867. The van der Waals surface area contributed by atoms with Crippen LogP contribution in [0.5, 0.6) is 0 Å². The van der Waals surface area contributed by atoms with Crippen LogP contribution in [0, 0.1) is 23.2 Å². The molecule has 8 nitrogen and oxygen atoms in total. The maximum absolute atomic E-state index is 11.6. The SMILES string of the molecule is C=C(Cc1ccc2nc3c(cc2c1CN(C)C)CN1C(=C)C(CCC)=C(CC=O)C=C31)N1CCN(CCCCCCCC2CCC3C4CCC5=C(CCC6(C5)OCCO6)C4=CCC23C)CC1.CC.CC.CCCCCCl.[Rf].[SH-]. The quantitative estimate of drug-likeness (QED) is 0.0424. The number of piperazine rings is 1. The van der Waals surface area contributed by atoms with Crippen LogP contribution in [-0.4, -0.2) is 103 Å². The molecule has 0 N–H and O–H groups in total. The number of aldehydes is 1. The van der Waals surface area contributed by atoms with Gasteiger partial charge in [0.05, 0.1) is 36.7 Å². The summed E-state index contributed by atoms with van der Waals surface area (Å²) in [6.07, 6.45) is 31.2. The zero-order valence-corrected chi connectivity index (χ0v) is 58.6. The molecule has 2 aromatic rings. The van der Waals surface area contributed by atoms with Crippen LogP contribution in [0.15, 0.2) is 82.8 Å². The number of thiol groups is 1. The molecule has 1 saturated carbocycles. The molecule has 5 heterocycles. The van der Waals surface area contributed by atoms with Crippen molar-refractivity contribution in [3.8, 4) is 0 Å². The number of unbranched alkanes of at least 4 members (excludes halogenated alkanes) is 6. The third-order valence-electron chi connectivity index (χ3n) is 18.6. The van der Waals surface area contributed by atoms with E-state index in [2.05, 4.69) is 98.0 Å². The second-order valence-corrected chi connectivity index (χ2v) is 23.9. The van der Waals surface area contributed by atoms with Gasteiger partial charge in [-0.1, -0.05) is 124 Å². The predicted molar refractivity (Wildman–Crippen MR) is 330 cm³/mol. The molecule has 3 fully saturated rings. The van der Waals surface area contributed by atoms with E-state index in [9.17, 15) is 4.79 Å². The van der Waals surface area contributed by atoms with E-state index in [1.54, 1.807) is 16.7 Å². The molecule has 10 rings (SSSR count). The monoisotopic (exact) mass is 1360 g/mol. The van der Waals surface area contributed by atoms with Gasteiger partial charge in [0, 0.05) is 86.6 Å². The van der Waals surface area contributed by atoms with Crippen LogP contribution in [0.3, 0.4) is 0 Å². The summed E-state index contributed by atoms with van der Waals surface area (Å²) >= 11 is 5.38. The molecule has 1 aromatic heterocycles. The van der Waals surface area contributed by atoms with E-state index in [1.807, 2.05) is 27.7 Å². The average molecular weight is 1360 g/mol. The smallest absolute Gasteiger partial charge is 0.172 e. The van der Waals surface area contributed by atoms with Crippen molar-refractivity contribution >= 4 is 48.0 Å². The average Bonchev–Trinajstić information content (AvgIpc) is 4.34. The molecule has 4 atom stereocenters. The number of carbonyl (C=O) groups is 1. The number of carbonyl (C=O) groups excluding carboxylic acids is 1.